The number of pyridine rings is 1. The Morgan fingerprint density at radius 3 is 2.96 bits per heavy atom. The molecule has 2 N–H and O–H groups in total. The molecule has 0 saturated heterocycles. The van der Waals surface area contributed by atoms with Gasteiger partial charge in [-0.3, -0.25) is 10.1 Å². The lowest BCUT2D eigenvalue weighted by Crippen LogP contribution is -2.13. The second kappa shape index (κ2) is 7.79. The van der Waals surface area contributed by atoms with Gasteiger partial charge < -0.3 is 10.1 Å². The molecule has 0 amide bonds. The van der Waals surface area contributed by atoms with Crippen molar-refractivity contribution in [1.29, 1.82) is 5.26 Å². The van der Waals surface area contributed by atoms with Crippen LogP contribution in [0.2, 0.25) is 5.02 Å². The van der Waals surface area contributed by atoms with E-state index in [-0.39, 0.29) is 0 Å². The Balaban J connectivity index is 1.71. The number of H-pyrrole nitrogens is 1. The fourth-order valence-corrected chi connectivity index (χ4v) is 2.59. The molecule has 3 aromatic rings. The number of ether oxygens (including phenoxy) is 1. The zero-order chi connectivity index (χ0) is 17.6. The van der Waals surface area contributed by atoms with Crippen molar-refractivity contribution < 1.29 is 4.74 Å². The predicted molar refractivity (Wildman–Crippen MR) is 94.3 cm³/mol. The molecular formula is C18H16ClN5O. The van der Waals surface area contributed by atoms with Crippen LogP contribution in [0, 0.1) is 18.3 Å². The summed E-state index contributed by atoms with van der Waals surface area (Å²) >= 11 is 6.03. The van der Waals surface area contributed by atoms with Crippen LogP contribution in [0.15, 0.2) is 42.7 Å². The highest BCUT2D eigenvalue weighted by Gasteiger charge is 2.13. The monoisotopic (exact) mass is 353 g/mol. The first kappa shape index (κ1) is 17.0. The van der Waals surface area contributed by atoms with E-state index in [0.717, 1.165) is 17.0 Å². The molecule has 2 aromatic heterocycles. The molecule has 0 spiro atoms. The van der Waals surface area contributed by atoms with Gasteiger partial charge in [0.25, 0.3) is 0 Å². The largest absolute Gasteiger partial charge is 0.453 e. The summed E-state index contributed by atoms with van der Waals surface area (Å²) in [6.45, 7) is 3.09. The Morgan fingerprint density at radius 2 is 2.20 bits per heavy atom. The molecule has 2 heterocycles. The van der Waals surface area contributed by atoms with Crippen molar-refractivity contribution >= 4 is 11.6 Å². The van der Waals surface area contributed by atoms with Crippen LogP contribution in [-0.4, -0.2) is 15.2 Å². The number of hydrogen-bond donors (Lipinski definition) is 2. The number of aromatic amines is 1. The van der Waals surface area contributed by atoms with Crippen LogP contribution in [0.25, 0.3) is 0 Å². The van der Waals surface area contributed by atoms with Gasteiger partial charge in [0, 0.05) is 30.5 Å². The van der Waals surface area contributed by atoms with Crippen molar-refractivity contribution in [3.05, 3.63) is 70.3 Å². The van der Waals surface area contributed by atoms with Crippen LogP contribution < -0.4 is 10.1 Å². The molecule has 0 radical (unpaired) electrons. The minimum absolute atomic E-state index is 0.444. The Hall–Kier alpha value is -2.88. The molecule has 0 aliphatic carbocycles. The van der Waals surface area contributed by atoms with Crippen molar-refractivity contribution in [2.75, 3.05) is 0 Å². The Morgan fingerprint density at radius 1 is 1.32 bits per heavy atom. The molecule has 0 unspecified atom stereocenters. The second-order valence-electron chi connectivity index (χ2n) is 5.47. The average molecular weight is 354 g/mol. The summed E-state index contributed by atoms with van der Waals surface area (Å²) in [7, 11) is 0. The number of nitrogens with one attached hydrogen (secondary N) is 2. The molecule has 1 aromatic carbocycles. The minimum atomic E-state index is 0.444. The average Bonchev–Trinajstić information content (AvgIpc) is 2.95. The Bertz CT molecular complexity index is 902. The maximum atomic E-state index is 9.05. The van der Waals surface area contributed by atoms with Gasteiger partial charge in [0.2, 0.25) is 0 Å². The normalized spacial score (nSPS) is 10.4. The van der Waals surface area contributed by atoms with Gasteiger partial charge >= 0.3 is 0 Å². The Kier molecular flexibility index (Phi) is 5.29. The van der Waals surface area contributed by atoms with Crippen molar-refractivity contribution in [3.8, 4) is 17.6 Å². The maximum Gasteiger partial charge on any atom is 0.172 e. The molecular weight excluding hydrogens is 338 g/mol. The van der Waals surface area contributed by atoms with E-state index in [4.69, 9.17) is 21.6 Å². The molecule has 25 heavy (non-hydrogen) atoms. The third-order valence-electron chi connectivity index (χ3n) is 3.54. The molecule has 126 valence electrons. The van der Waals surface area contributed by atoms with Crippen molar-refractivity contribution in [2.45, 2.75) is 20.0 Å². The van der Waals surface area contributed by atoms with Gasteiger partial charge in [-0.25, -0.2) is 0 Å². The number of hydrogen-bond acceptors (Lipinski definition) is 5. The summed E-state index contributed by atoms with van der Waals surface area (Å²) in [5.41, 5.74) is 3.09. The number of nitrogens with zero attached hydrogens (tertiary/aromatic N) is 3. The SMILES string of the molecule is Cc1n[nH]c(CNCc2cccnc2)c1Oc1cc(Cl)cc(C#N)c1. The van der Waals surface area contributed by atoms with Gasteiger partial charge in [0.1, 0.15) is 11.4 Å². The van der Waals surface area contributed by atoms with E-state index in [0.29, 0.717) is 35.2 Å². The van der Waals surface area contributed by atoms with Gasteiger partial charge in [0.05, 0.1) is 17.3 Å². The molecule has 0 aliphatic rings. The Labute approximate surface area is 150 Å². The van der Waals surface area contributed by atoms with Crippen LogP contribution in [0.4, 0.5) is 0 Å². The predicted octanol–water partition coefficient (Wildman–Crippen LogP) is 3.72. The molecule has 6 nitrogen and oxygen atoms in total. The summed E-state index contributed by atoms with van der Waals surface area (Å²) < 4.78 is 5.92. The van der Waals surface area contributed by atoms with E-state index in [1.165, 1.54) is 0 Å². The van der Waals surface area contributed by atoms with Crippen LogP contribution in [0.3, 0.4) is 0 Å². The van der Waals surface area contributed by atoms with Crippen LogP contribution in [0.1, 0.15) is 22.5 Å². The second-order valence-corrected chi connectivity index (χ2v) is 5.91. The first-order chi connectivity index (χ1) is 12.2. The number of benzene rings is 1. The number of halogens is 1. The van der Waals surface area contributed by atoms with Crippen LogP contribution in [0.5, 0.6) is 11.5 Å². The topological polar surface area (TPSA) is 86.6 Å². The van der Waals surface area contributed by atoms with Crippen LogP contribution >= 0.6 is 11.6 Å². The highest BCUT2D eigenvalue weighted by atomic mass is 35.5. The first-order valence-corrected chi connectivity index (χ1v) is 8.05. The molecule has 0 saturated carbocycles. The van der Waals surface area contributed by atoms with Crippen molar-refractivity contribution in [2.24, 2.45) is 0 Å². The number of nitriles is 1. The van der Waals surface area contributed by atoms with E-state index in [9.17, 15) is 0 Å². The lowest BCUT2D eigenvalue weighted by molar-refractivity contribution is 0.469. The van der Waals surface area contributed by atoms with E-state index >= 15 is 0 Å². The zero-order valence-corrected chi connectivity index (χ0v) is 14.3. The number of aromatic nitrogens is 3. The highest BCUT2D eigenvalue weighted by molar-refractivity contribution is 6.30. The van der Waals surface area contributed by atoms with Gasteiger partial charge in [0.15, 0.2) is 5.75 Å². The summed E-state index contributed by atoms with van der Waals surface area (Å²) in [5.74, 6) is 1.13. The quantitative estimate of drug-likeness (QED) is 0.705. The molecule has 7 heteroatoms. The summed E-state index contributed by atoms with van der Waals surface area (Å²) in [6.07, 6.45) is 3.56. The van der Waals surface area contributed by atoms with E-state index < -0.39 is 0 Å². The van der Waals surface area contributed by atoms with Crippen molar-refractivity contribution in [3.63, 3.8) is 0 Å². The first-order valence-electron chi connectivity index (χ1n) is 7.67. The van der Waals surface area contributed by atoms with E-state index in [1.54, 1.807) is 24.4 Å². The molecule has 0 atom stereocenters. The van der Waals surface area contributed by atoms with Crippen molar-refractivity contribution in [1.82, 2.24) is 20.5 Å². The smallest absolute Gasteiger partial charge is 0.172 e. The van der Waals surface area contributed by atoms with E-state index in [1.807, 2.05) is 25.3 Å². The lowest BCUT2D eigenvalue weighted by Gasteiger charge is -2.09. The summed E-state index contributed by atoms with van der Waals surface area (Å²) in [4.78, 5) is 4.09. The highest BCUT2D eigenvalue weighted by Crippen LogP contribution is 2.30. The standard InChI is InChI=1S/C18H16ClN5O/c1-12-18(25-16-6-14(8-20)5-15(19)7-16)17(24-23-12)11-22-10-13-3-2-4-21-9-13/h2-7,9,22H,10-11H2,1H3,(H,23,24). The van der Waals surface area contributed by atoms with Gasteiger partial charge in [-0.2, -0.15) is 10.4 Å². The third-order valence-corrected chi connectivity index (χ3v) is 3.75. The summed E-state index contributed by atoms with van der Waals surface area (Å²) in [5, 5.41) is 20.0. The fraction of sp³-hybridized carbons (Fsp3) is 0.167. The third kappa shape index (κ3) is 4.35. The maximum absolute atomic E-state index is 9.05. The minimum Gasteiger partial charge on any atom is -0.453 e. The lowest BCUT2D eigenvalue weighted by atomic mass is 10.2. The molecule has 0 aliphatic heterocycles. The van der Waals surface area contributed by atoms with Gasteiger partial charge in [-0.15, -0.1) is 0 Å². The van der Waals surface area contributed by atoms with Crippen LogP contribution in [-0.2, 0) is 13.1 Å². The van der Waals surface area contributed by atoms with E-state index in [2.05, 4.69) is 26.6 Å². The van der Waals surface area contributed by atoms with Gasteiger partial charge in [-0.05, 0) is 36.8 Å². The molecule has 3 rings (SSSR count). The fourth-order valence-electron chi connectivity index (χ4n) is 2.37. The molecule has 0 bridgehead atoms. The molecule has 0 fully saturated rings. The summed E-state index contributed by atoms with van der Waals surface area (Å²) in [6, 6.07) is 10.9. The van der Waals surface area contributed by atoms with Gasteiger partial charge in [-0.1, -0.05) is 17.7 Å². The number of rotatable bonds is 6. The zero-order valence-electron chi connectivity index (χ0n) is 13.6. The number of aryl methyl sites for hydroxylation is 1.